The van der Waals surface area contributed by atoms with Gasteiger partial charge in [0, 0.05) is 5.02 Å². The topological polar surface area (TPSA) is 43.4 Å². The van der Waals surface area contributed by atoms with Crippen LogP contribution < -0.4 is 4.74 Å². The summed E-state index contributed by atoms with van der Waals surface area (Å²) in [7, 11) is 1.43. The van der Waals surface area contributed by atoms with Crippen LogP contribution in [-0.2, 0) is 4.79 Å². The molecule has 0 aromatic heterocycles. The van der Waals surface area contributed by atoms with Crippen molar-refractivity contribution in [2.75, 3.05) is 12.4 Å². The van der Waals surface area contributed by atoms with Gasteiger partial charge in [-0.25, -0.2) is 0 Å². The zero-order valence-corrected chi connectivity index (χ0v) is 10.3. The number of ketones is 2. The summed E-state index contributed by atoms with van der Waals surface area (Å²) in [5.41, 5.74) is 0.189. The van der Waals surface area contributed by atoms with E-state index in [4.69, 9.17) is 16.3 Å². The summed E-state index contributed by atoms with van der Waals surface area (Å²) in [4.78, 5) is 22.8. The summed E-state index contributed by atoms with van der Waals surface area (Å²) in [6, 6.07) is 4.57. The fraction of sp³-hybridized carbons (Fsp3) is 0.200. The normalized spacial score (nSPS) is 9.80. The number of carbonyl (C=O) groups excluding carboxylic acids is 2. The Morgan fingerprint density at radius 3 is 2.67 bits per heavy atom. The van der Waals surface area contributed by atoms with Gasteiger partial charge in [0.15, 0.2) is 0 Å². The maximum atomic E-state index is 11.6. The number of hydrogen-bond donors (Lipinski definition) is 0. The molecule has 1 aromatic rings. The highest BCUT2D eigenvalue weighted by atomic mass is 79.9. The van der Waals surface area contributed by atoms with Crippen LogP contribution in [0.4, 0.5) is 0 Å². The Hall–Kier alpha value is -0.870. The number of methoxy groups -OCH3 is 1. The van der Waals surface area contributed by atoms with Gasteiger partial charge in [0.1, 0.15) is 5.75 Å². The van der Waals surface area contributed by atoms with Crippen molar-refractivity contribution in [1.82, 2.24) is 0 Å². The van der Waals surface area contributed by atoms with E-state index in [2.05, 4.69) is 15.9 Å². The number of halogens is 2. The van der Waals surface area contributed by atoms with E-state index in [0.29, 0.717) is 10.8 Å². The summed E-state index contributed by atoms with van der Waals surface area (Å²) in [5.74, 6) is -0.791. The first-order valence-corrected chi connectivity index (χ1v) is 5.57. The van der Waals surface area contributed by atoms with Gasteiger partial charge in [-0.1, -0.05) is 27.5 Å². The molecule has 5 heteroatoms. The van der Waals surface area contributed by atoms with Gasteiger partial charge in [0.05, 0.1) is 18.0 Å². The van der Waals surface area contributed by atoms with Gasteiger partial charge in [0.25, 0.3) is 0 Å². The third-order valence-corrected chi connectivity index (χ3v) is 2.53. The molecule has 15 heavy (non-hydrogen) atoms. The van der Waals surface area contributed by atoms with Gasteiger partial charge in [0.2, 0.25) is 11.6 Å². The van der Waals surface area contributed by atoms with Gasteiger partial charge in [-0.05, 0) is 18.2 Å². The summed E-state index contributed by atoms with van der Waals surface area (Å²) >= 11 is 8.67. The fourth-order valence-electron chi connectivity index (χ4n) is 1.07. The molecule has 0 aliphatic rings. The molecule has 0 bridgehead atoms. The zero-order chi connectivity index (χ0) is 11.4. The average molecular weight is 292 g/mol. The number of carbonyl (C=O) groups is 2. The van der Waals surface area contributed by atoms with Crippen molar-refractivity contribution in [3.05, 3.63) is 28.8 Å². The first kappa shape index (κ1) is 12.2. The maximum absolute atomic E-state index is 11.6. The van der Waals surface area contributed by atoms with Gasteiger partial charge in [-0.2, -0.15) is 0 Å². The van der Waals surface area contributed by atoms with Gasteiger partial charge >= 0.3 is 0 Å². The molecule has 0 fully saturated rings. The van der Waals surface area contributed by atoms with Crippen molar-refractivity contribution < 1.29 is 14.3 Å². The molecule has 0 unspecified atom stereocenters. The fourth-order valence-corrected chi connectivity index (χ4v) is 1.50. The number of ether oxygens (including phenoxy) is 1. The van der Waals surface area contributed by atoms with Crippen LogP contribution in [-0.4, -0.2) is 24.0 Å². The lowest BCUT2D eigenvalue weighted by Crippen LogP contribution is -2.16. The van der Waals surface area contributed by atoms with Crippen LogP contribution in [0.5, 0.6) is 5.75 Å². The lowest BCUT2D eigenvalue weighted by Gasteiger charge is -2.06. The Kier molecular flexibility index (Phi) is 4.29. The van der Waals surface area contributed by atoms with Crippen molar-refractivity contribution in [2.45, 2.75) is 0 Å². The van der Waals surface area contributed by atoms with Crippen molar-refractivity contribution in [1.29, 1.82) is 0 Å². The van der Waals surface area contributed by atoms with Crippen LogP contribution in [0, 0.1) is 0 Å². The van der Waals surface area contributed by atoms with E-state index in [1.54, 1.807) is 12.1 Å². The standard InChI is InChI=1S/C10H8BrClO3/c1-15-9-3-2-6(12)4-7(9)10(14)8(13)5-11/h2-4H,5H2,1H3. The average Bonchev–Trinajstić information content (AvgIpc) is 2.27. The Balaban J connectivity index is 3.17. The van der Waals surface area contributed by atoms with Gasteiger partial charge in [-0.15, -0.1) is 0 Å². The SMILES string of the molecule is COc1ccc(Cl)cc1C(=O)C(=O)CBr. The summed E-state index contributed by atoms with van der Waals surface area (Å²) in [5, 5.41) is 0.378. The molecular formula is C10H8BrClO3. The quantitative estimate of drug-likeness (QED) is 0.486. The molecule has 0 saturated heterocycles. The van der Waals surface area contributed by atoms with E-state index in [1.807, 2.05) is 0 Å². The minimum Gasteiger partial charge on any atom is -0.496 e. The molecule has 0 atom stereocenters. The second-order valence-corrected chi connectivity index (χ2v) is 3.73. The number of benzene rings is 1. The predicted molar refractivity (Wildman–Crippen MR) is 61.1 cm³/mol. The Labute approximate surface area is 100 Å². The summed E-state index contributed by atoms with van der Waals surface area (Å²) < 4.78 is 4.97. The third-order valence-electron chi connectivity index (χ3n) is 1.78. The number of alkyl halides is 1. The molecule has 3 nitrogen and oxygen atoms in total. The van der Waals surface area contributed by atoms with Crippen LogP contribution >= 0.6 is 27.5 Å². The number of Topliss-reactive ketones (excluding diaryl/α,β-unsaturated/α-hetero) is 2. The van der Waals surface area contributed by atoms with Crippen LogP contribution in [0.3, 0.4) is 0 Å². The number of hydrogen-bond acceptors (Lipinski definition) is 3. The van der Waals surface area contributed by atoms with Gasteiger partial charge < -0.3 is 4.74 Å². The van der Waals surface area contributed by atoms with Crippen molar-refractivity contribution in [2.24, 2.45) is 0 Å². The van der Waals surface area contributed by atoms with Crippen molar-refractivity contribution >= 4 is 39.1 Å². The highest BCUT2D eigenvalue weighted by molar-refractivity contribution is 9.09. The number of rotatable bonds is 4. The van der Waals surface area contributed by atoms with Crippen LogP contribution in [0.25, 0.3) is 0 Å². The maximum Gasteiger partial charge on any atom is 0.233 e. The molecule has 0 amide bonds. The minimum absolute atomic E-state index is 0.0124. The Bertz CT molecular complexity index is 404. The van der Waals surface area contributed by atoms with Crippen LogP contribution in [0.2, 0.25) is 5.02 Å². The molecule has 0 saturated carbocycles. The van der Waals surface area contributed by atoms with E-state index < -0.39 is 11.6 Å². The second-order valence-electron chi connectivity index (χ2n) is 2.73. The van der Waals surface area contributed by atoms with Gasteiger partial charge in [-0.3, -0.25) is 9.59 Å². The second kappa shape index (κ2) is 5.28. The lowest BCUT2D eigenvalue weighted by molar-refractivity contribution is -0.112. The highest BCUT2D eigenvalue weighted by Gasteiger charge is 2.19. The molecule has 1 rings (SSSR count). The van der Waals surface area contributed by atoms with E-state index in [1.165, 1.54) is 13.2 Å². The highest BCUT2D eigenvalue weighted by Crippen LogP contribution is 2.23. The molecule has 0 heterocycles. The van der Waals surface area contributed by atoms with Crippen LogP contribution in [0.15, 0.2) is 18.2 Å². The molecule has 0 aliphatic heterocycles. The van der Waals surface area contributed by atoms with Crippen molar-refractivity contribution in [3.8, 4) is 5.75 Å². The minimum atomic E-state index is -0.605. The molecule has 0 spiro atoms. The van der Waals surface area contributed by atoms with Crippen LogP contribution in [0.1, 0.15) is 10.4 Å². The summed E-state index contributed by atoms with van der Waals surface area (Å²) in [6.07, 6.45) is 0. The Morgan fingerprint density at radius 2 is 2.13 bits per heavy atom. The summed E-state index contributed by atoms with van der Waals surface area (Å²) in [6.45, 7) is 0. The monoisotopic (exact) mass is 290 g/mol. The molecule has 0 N–H and O–H groups in total. The first-order chi connectivity index (χ1) is 7.10. The molecule has 1 aromatic carbocycles. The molecule has 80 valence electrons. The van der Waals surface area contributed by atoms with E-state index in [-0.39, 0.29) is 10.9 Å². The smallest absolute Gasteiger partial charge is 0.233 e. The van der Waals surface area contributed by atoms with E-state index >= 15 is 0 Å². The third kappa shape index (κ3) is 2.79. The predicted octanol–water partition coefficient (Wildman–Crippen LogP) is 2.50. The Morgan fingerprint density at radius 1 is 1.47 bits per heavy atom. The first-order valence-electron chi connectivity index (χ1n) is 4.07. The largest absolute Gasteiger partial charge is 0.496 e. The molecule has 0 radical (unpaired) electrons. The van der Waals surface area contributed by atoms with Crippen molar-refractivity contribution in [3.63, 3.8) is 0 Å². The van der Waals surface area contributed by atoms with E-state index in [0.717, 1.165) is 0 Å². The zero-order valence-electron chi connectivity index (χ0n) is 7.92. The molecular weight excluding hydrogens is 283 g/mol. The van der Waals surface area contributed by atoms with E-state index in [9.17, 15) is 9.59 Å². The lowest BCUT2D eigenvalue weighted by atomic mass is 10.1. The molecule has 0 aliphatic carbocycles.